The number of amides is 1. The predicted molar refractivity (Wildman–Crippen MR) is 102 cm³/mol. The molecule has 132 valence electrons. The van der Waals surface area contributed by atoms with Gasteiger partial charge >= 0.3 is 0 Å². The highest BCUT2D eigenvalue weighted by Crippen LogP contribution is 2.50. The number of hydrogen-bond donors (Lipinski definition) is 2. The van der Waals surface area contributed by atoms with E-state index in [0.717, 1.165) is 16.3 Å². The summed E-state index contributed by atoms with van der Waals surface area (Å²) in [7, 11) is 0. The largest absolute Gasteiger partial charge is 0.444 e. The first kappa shape index (κ1) is 18.0. The van der Waals surface area contributed by atoms with Gasteiger partial charge in [-0.15, -0.1) is 11.8 Å². The molecule has 1 aromatic carbocycles. The van der Waals surface area contributed by atoms with E-state index in [9.17, 15) is 4.79 Å². The molecule has 0 aliphatic carbocycles. The zero-order valence-electron chi connectivity index (χ0n) is 14.0. The van der Waals surface area contributed by atoms with Crippen molar-refractivity contribution in [1.29, 1.82) is 0 Å². The summed E-state index contributed by atoms with van der Waals surface area (Å²) in [5.74, 6) is 0.604. The molecule has 0 saturated carbocycles. The van der Waals surface area contributed by atoms with Gasteiger partial charge in [-0.1, -0.05) is 17.7 Å². The second kappa shape index (κ2) is 7.23. The van der Waals surface area contributed by atoms with E-state index in [2.05, 4.69) is 15.6 Å². The number of nitrogens with one attached hydrogen (secondary N) is 2. The molecule has 3 atom stereocenters. The zero-order valence-corrected chi connectivity index (χ0v) is 15.6. The number of rotatable bonds is 5. The Morgan fingerprint density at radius 2 is 2.16 bits per heavy atom. The smallest absolute Gasteiger partial charge is 0.244 e. The molecule has 0 fully saturated rings. The summed E-state index contributed by atoms with van der Waals surface area (Å²) in [4.78, 5) is 18.2. The maximum Gasteiger partial charge on any atom is 0.244 e. The number of hydrogen-bond acceptors (Lipinski definition) is 4. The number of pyridine rings is 1. The molecule has 25 heavy (non-hydrogen) atoms. The van der Waals surface area contributed by atoms with E-state index in [-0.39, 0.29) is 18.6 Å². The van der Waals surface area contributed by atoms with Gasteiger partial charge in [-0.25, -0.2) is 4.98 Å². The van der Waals surface area contributed by atoms with Gasteiger partial charge in [0, 0.05) is 21.7 Å². The van der Waals surface area contributed by atoms with Crippen molar-refractivity contribution in [3.05, 3.63) is 53.2 Å². The van der Waals surface area contributed by atoms with Crippen molar-refractivity contribution in [2.75, 3.05) is 11.9 Å². The van der Waals surface area contributed by atoms with E-state index in [0.29, 0.717) is 5.02 Å². The Bertz CT molecular complexity index is 771. The number of anilines is 1. The lowest BCUT2D eigenvalue weighted by molar-refractivity contribution is -0.123. The van der Waals surface area contributed by atoms with Crippen LogP contribution in [0, 0.1) is 0 Å². The quantitative estimate of drug-likeness (QED) is 0.784. The van der Waals surface area contributed by atoms with Crippen molar-refractivity contribution >= 4 is 35.1 Å². The van der Waals surface area contributed by atoms with Crippen molar-refractivity contribution in [1.82, 2.24) is 10.3 Å². The SMILES string of the molecule is C[C@H](C[OH2+])NC(=O)C1Nc2ncccc2C1(C)Sc1ccc(Cl)cc1. The Labute approximate surface area is 156 Å². The van der Waals surface area contributed by atoms with Gasteiger partial charge < -0.3 is 15.7 Å². The van der Waals surface area contributed by atoms with E-state index < -0.39 is 10.8 Å². The molecule has 2 heterocycles. The van der Waals surface area contributed by atoms with Gasteiger partial charge in [-0.05, 0) is 44.2 Å². The first-order valence-electron chi connectivity index (χ1n) is 8.05. The minimum Gasteiger partial charge on any atom is -0.444 e. The highest BCUT2D eigenvalue weighted by Gasteiger charge is 2.48. The third-order valence-corrected chi connectivity index (χ3v) is 5.91. The third kappa shape index (κ3) is 3.61. The lowest BCUT2D eigenvalue weighted by Gasteiger charge is -2.31. The maximum atomic E-state index is 12.8. The lowest BCUT2D eigenvalue weighted by atomic mass is 9.96. The number of aromatic nitrogens is 1. The van der Waals surface area contributed by atoms with Crippen LogP contribution in [-0.2, 0) is 9.54 Å². The number of benzene rings is 1. The van der Waals surface area contributed by atoms with Gasteiger partial charge in [0.1, 0.15) is 11.9 Å². The van der Waals surface area contributed by atoms with Crippen LogP contribution in [0.2, 0.25) is 5.02 Å². The fourth-order valence-corrected chi connectivity index (χ4v) is 4.35. The average molecular weight is 379 g/mol. The monoisotopic (exact) mass is 378 g/mol. The summed E-state index contributed by atoms with van der Waals surface area (Å²) in [6.45, 7) is 4.02. The number of carbonyl (C=O) groups is 1. The topological polar surface area (TPSA) is 76.9 Å². The summed E-state index contributed by atoms with van der Waals surface area (Å²) in [6, 6.07) is 10.8. The highest BCUT2D eigenvalue weighted by atomic mass is 35.5. The summed E-state index contributed by atoms with van der Waals surface area (Å²) in [5.41, 5.74) is 0.994. The average Bonchev–Trinajstić information content (AvgIpc) is 2.90. The molecule has 4 N–H and O–H groups in total. The van der Waals surface area contributed by atoms with E-state index in [4.69, 9.17) is 16.7 Å². The van der Waals surface area contributed by atoms with Crippen LogP contribution >= 0.6 is 23.4 Å². The summed E-state index contributed by atoms with van der Waals surface area (Å²) in [6.07, 6.45) is 1.71. The highest BCUT2D eigenvalue weighted by molar-refractivity contribution is 8.00. The van der Waals surface area contributed by atoms with Gasteiger partial charge in [-0.3, -0.25) is 4.79 Å². The van der Waals surface area contributed by atoms with Crippen LogP contribution < -0.4 is 10.6 Å². The molecular weight excluding hydrogens is 358 g/mol. The molecule has 0 radical (unpaired) electrons. The van der Waals surface area contributed by atoms with Crippen LogP contribution in [0.15, 0.2) is 47.5 Å². The van der Waals surface area contributed by atoms with Crippen molar-refractivity contribution in [2.24, 2.45) is 0 Å². The third-order valence-electron chi connectivity index (χ3n) is 4.27. The Morgan fingerprint density at radius 3 is 2.84 bits per heavy atom. The molecule has 2 aromatic rings. The van der Waals surface area contributed by atoms with Gasteiger partial charge in [0.15, 0.2) is 6.61 Å². The van der Waals surface area contributed by atoms with Crippen molar-refractivity contribution in [3.63, 3.8) is 0 Å². The number of halogens is 1. The summed E-state index contributed by atoms with van der Waals surface area (Å²) < 4.78 is -0.525. The van der Waals surface area contributed by atoms with Crippen LogP contribution in [0.4, 0.5) is 5.82 Å². The van der Waals surface area contributed by atoms with E-state index in [1.54, 1.807) is 18.0 Å². The number of thioether (sulfide) groups is 1. The molecule has 1 amide bonds. The first-order chi connectivity index (χ1) is 11.9. The molecule has 1 aliphatic rings. The Hall–Kier alpha value is -1.76. The van der Waals surface area contributed by atoms with Crippen LogP contribution in [0.25, 0.3) is 0 Å². The van der Waals surface area contributed by atoms with Crippen LogP contribution in [0.5, 0.6) is 0 Å². The van der Waals surface area contributed by atoms with Crippen molar-refractivity contribution in [3.8, 4) is 0 Å². The summed E-state index contributed by atoms with van der Waals surface area (Å²) in [5, 5.41) is 14.3. The molecule has 2 unspecified atom stereocenters. The Morgan fingerprint density at radius 1 is 1.44 bits per heavy atom. The fraction of sp³-hybridized carbons (Fsp3) is 0.333. The van der Waals surface area contributed by atoms with Gasteiger partial charge in [0.25, 0.3) is 0 Å². The first-order valence-corrected chi connectivity index (χ1v) is 9.25. The van der Waals surface area contributed by atoms with Crippen LogP contribution in [0.3, 0.4) is 0 Å². The molecule has 0 bridgehead atoms. The predicted octanol–water partition coefficient (Wildman–Crippen LogP) is 2.77. The van der Waals surface area contributed by atoms with Crippen molar-refractivity contribution in [2.45, 2.75) is 35.6 Å². The van der Waals surface area contributed by atoms with Crippen LogP contribution in [0.1, 0.15) is 19.4 Å². The molecule has 1 aliphatic heterocycles. The molecule has 7 heteroatoms. The zero-order chi connectivity index (χ0) is 18.0. The second-order valence-electron chi connectivity index (χ2n) is 6.25. The molecule has 5 nitrogen and oxygen atoms in total. The van der Waals surface area contributed by atoms with Gasteiger partial charge in [0.05, 0.1) is 10.8 Å². The van der Waals surface area contributed by atoms with E-state index in [1.165, 1.54) is 0 Å². The Balaban J connectivity index is 1.94. The fourth-order valence-electron chi connectivity index (χ4n) is 2.91. The van der Waals surface area contributed by atoms with Gasteiger partial charge in [0.2, 0.25) is 5.91 Å². The number of carbonyl (C=O) groups excluding carboxylic acids is 1. The molecule has 0 saturated heterocycles. The van der Waals surface area contributed by atoms with E-state index in [1.807, 2.05) is 50.2 Å². The molecule has 0 spiro atoms. The van der Waals surface area contributed by atoms with Crippen molar-refractivity contribution < 1.29 is 9.90 Å². The van der Waals surface area contributed by atoms with E-state index >= 15 is 0 Å². The molecule has 1 aromatic heterocycles. The summed E-state index contributed by atoms with van der Waals surface area (Å²) >= 11 is 7.59. The van der Waals surface area contributed by atoms with Crippen LogP contribution in [-0.4, -0.2) is 34.7 Å². The minimum absolute atomic E-state index is 0.123. The molecule has 3 rings (SSSR count). The number of fused-ring (bicyclic) bond motifs is 1. The normalized spacial score (nSPS) is 22.8. The lowest BCUT2D eigenvalue weighted by Crippen LogP contribution is -2.50. The Kier molecular flexibility index (Phi) is 5.22. The number of nitrogens with zero attached hydrogens (tertiary/aromatic N) is 1. The standard InChI is InChI=1S/C18H20ClN3O2S/c1-11(10-23)21-17(24)15-18(2,14-4-3-9-20-16(14)22-15)25-13-7-5-12(19)6-8-13/h3-9,11,15,23H,10H2,1-2H3,(H,20,22)(H,21,24)/p+1/t11-,15?,18?/m1/s1. The maximum absolute atomic E-state index is 12.8. The minimum atomic E-state index is -0.525. The van der Waals surface area contributed by atoms with Gasteiger partial charge in [-0.2, -0.15) is 0 Å². The molecular formula is C18H21ClN3O2S+. The second-order valence-corrected chi connectivity index (χ2v) is 8.21.